The van der Waals surface area contributed by atoms with E-state index < -0.39 is 0 Å². The molecule has 0 aliphatic rings. The number of carbonyl (C=O) groups excluding carboxylic acids is 1. The Morgan fingerprint density at radius 3 is 2.00 bits per heavy atom. The fourth-order valence-corrected chi connectivity index (χ4v) is 2.39. The van der Waals surface area contributed by atoms with E-state index in [1.54, 1.807) is 0 Å². The molecule has 0 heterocycles. The van der Waals surface area contributed by atoms with Crippen LogP contribution in [0.25, 0.3) is 0 Å². The molecule has 0 N–H and O–H groups in total. The van der Waals surface area contributed by atoms with Gasteiger partial charge in [-0.25, -0.2) is 0 Å². The predicted molar refractivity (Wildman–Crippen MR) is 89.1 cm³/mol. The monoisotopic (exact) mass is 298 g/mol. The number of ether oxygens (including phenoxy) is 1. The van der Waals surface area contributed by atoms with Gasteiger partial charge in [-0.15, -0.1) is 0 Å². The maximum atomic E-state index is 12.4. The number of ketones is 1. The molecule has 1 atom stereocenters. The summed E-state index contributed by atoms with van der Waals surface area (Å²) in [6.45, 7) is 2.11. The average molecular weight is 298 g/mol. The summed E-state index contributed by atoms with van der Waals surface area (Å²) < 4.78 is 6.77. The molecule has 22 heavy (non-hydrogen) atoms. The molecule has 0 radical (unpaired) electrons. The second-order valence-corrected chi connectivity index (χ2v) is 6.32. The van der Waals surface area contributed by atoms with E-state index in [2.05, 4.69) is 28.1 Å². The van der Waals surface area contributed by atoms with Crippen molar-refractivity contribution in [3.63, 3.8) is 0 Å². The molecule has 0 saturated heterocycles. The highest BCUT2D eigenvalue weighted by Crippen LogP contribution is 2.19. The Balaban J connectivity index is 2.12. The van der Waals surface area contributed by atoms with E-state index >= 15 is 0 Å². The third kappa shape index (κ3) is 3.95. The first kappa shape index (κ1) is 16.2. The number of quaternary nitrogens is 1. The zero-order chi connectivity index (χ0) is 16.2. The number of hydrogen-bond acceptors (Lipinski definition) is 2. The molecule has 0 fully saturated rings. The lowest BCUT2D eigenvalue weighted by Gasteiger charge is -2.33. The van der Waals surface area contributed by atoms with Crippen LogP contribution in [0.1, 0.15) is 29.3 Å². The largest absolute Gasteiger partial charge is 0.443 e. The molecule has 0 aliphatic carbocycles. The summed E-state index contributed by atoms with van der Waals surface area (Å²) in [6.07, 6.45) is 1.02. The van der Waals surface area contributed by atoms with Gasteiger partial charge in [0.15, 0.2) is 5.78 Å². The van der Waals surface area contributed by atoms with Gasteiger partial charge in [-0.2, -0.15) is 0 Å². The van der Waals surface area contributed by atoms with Crippen molar-refractivity contribution < 1.29 is 14.0 Å². The zero-order valence-electron chi connectivity index (χ0n) is 13.7. The van der Waals surface area contributed by atoms with Crippen LogP contribution < -0.4 is 4.74 Å². The maximum Gasteiger partial charge on any atom is 0.232 e. The minimum atomic E-state index is 0.0331. The quantitative estimate of drug-likeness (QED) is 0.461. The first-order valence-corrected chi connectivity index (χ1v) is 7.59. The van der Waals surface area contributed by atoms with Gasteiger partial charge in [0.25, 0.3) is 0 Å². The first-order valence-electron chi connectivity index (χ1n) is 7.59. The number of rotatable bonds is 6. The number of hydrogen-bond donors (Lipinski definition) is 0. The standard InChI is InChI=1S/C19H24NO2/c1-5-18(20(2,3)4)22-17-13-11-16(12-14-17)19(21)15-9-7-6-8-10-15/h6-14,18H,5H2,1-4H3/q+1. The Morgan fingerprint density at radius 2 is 1.50 bits per heavy atom. The smallest absolute Gasteiger partial charge is 0.232 e. The molecule has 0 aromatic heterocycles. The van der Waals surface area contributed by atoms with Gasteiger partial charge >= 0.3 is 0 Å². The third-order valence-corrected chi connectivity index (χ3v) is 3.64. The second-order valence-electron chi connectivity index (χ2n) is 6.32. The van der Waals surface area contributed by atoms with Gasteiger partial charge in [-0.1, -0.05) is 37.3 Å². The van der Waals surface area contributed by atoms with E-state index in [0.717, 1.165) is 16.7 Å². The Hall–Kier alpha value is -2.13. The minimum Gasteiger partial charge on any atom is -0.443 e. The Bertz CT molecular complexity index is 612. The Morgan fingerprint density at radius 1 is 0.955 bits per heavy atom. The lowest BCUT2D eigenvalue weighted by atomic mass is 10.0. The summed E-state index contributed by atoms with van der Waals surface area (Å²) in [6, 6.07) is 16.7. The number of benzene rings is 2. The van der Waals surface area contributed by atoms with Crippen LogP contribution in [0.15, 0.2) is 54.6 Å². The molecule has 116 valence electrons. The topological polar surface area (TPSA) is 26.3 Å². The van der Waals surface area contributed by atoms with Crippen LogP contribution in [0, 0.1) is 0 Å². The molecule has 2 aromatic carbocycles. The highest BCUT2D eigenvalue weighted by molar-refractivity contribution is 6.08. The summed E-state index contributed by atoms with van der Waals surface area (Å²) in [4.78, 5) is 12.4. The van der Waals surface area contributed by atoms with Crippen LogP contribution in [0.4, 0.5) is 0 Å². The molecule has 3 heteroatoms. The SMILES string of the molecule is CCC(Oc1ccc(C(=O)c2ccccc2)cc1)[N+](C)(C)C. The normalized spacial score (nSPS) is 12.7. The van der Waals surface area contributed by atoms with Crippen molar-refractivity contribution in [1.82, 2.24) is 0 Å². The molecule has 1 unspecified atom stereocenters. The lowest BCUT2D eigenvalue weighted by Crippen LogP contribution is -2.48. The molecular formula is C19H24NO2+. The van der Waals surface area contributed by atoms with Crippen LogP contribution in [0.2, 0.25) is 0 Å². The summed E-state index contributed by atoms with van der Waals surface area (Å²) in [5.74, 6) is 0.829. The van der Waals surface area contributed by atoms with Crippen molar-refractivity contribution in [3.8, 4) is 5.75 Å². The van der Waals surface area contributed by atoms with Crippen molar-refractivity contribution in [3.05, 3.63) is 65.7 Å². The summed E-state index contributed by atoms with van der Waals surface area (Å²) in [7, 11) is 6.34. The molecular weight excluding hydrogens is 274 g/mol. The number of carbonyl (C=O) groups is 1. The van der Waals surface area contributed by atoms with Gasteiger partial charge in [0.1, 0.15) is 5.75 Å². The molecule has 0 bridgehead atoms. The van der Waals surface area contributed by atoms with E-state index in [1.165, 1.54) is 0 Å². The van der Waals surface area contributed by atoms with E-state index in [4.69, 9.17) is 4.74 Å². The summed E-state index contributed by atoms with van der Waals surface area (Å²) in [5.41, 5.74) is 1.38. The Kier molecular flexibility index (Phi) is 4.99. The van der Waals surface area contributed by atoms with Crippen LogP contribution >= 0.6 is 0 Å². The summed E-state index contributed by atoms with van der Waals surface area (Å²) >= 11 is 0. The second kappa shape index (κ2) is 6.75. The van der Waals surface area contributed by atoms with Crippen molar-refractivity contribution >= 4 is 5.78 Å². The lowest BCUT2D eigenvalue weighted by molar-refractivity contribution is -0.915. The molecule has 0 spiro atoms. The van der Waals surface area contributed by atoms with Gasteiger partial charge < -0.3 is 4.74 Å². The highest BCUT2D eigenvalue weighted by Gasteiger charge is 2.23. The van der Waals surface area contributed by atoms with Gasteiger partial charge in [0, 0.05) is 17.5 Å². The fraction of sp³-hybridized carbons (Fsp3) is 0.316. The van der Waals surface area contributed by atoms with E-state index in [-0.39, 0.29) is 12.0 Å². The van der Waals surface area contributed by atoms with Crippen molar-refractivity contribution in [1.29, 1.82) is 0 Å². The predicted octanol–water partition coefficient (Wildman–Crippen LogP) is 3.74. The first-order chi connectivity index (χ1) is 10.4. The Labute approximate surface area is 132 Å². The van der Waals surface area contributed by atoms with Crippen LogP contribution in [-0.4, -0.2) is 37.6 Å². The van der Waals surface area contributed by atoms with Crippen molar-refractivity contribution in [2.75, 3.05) is 21.1 Å². The van der Waals surface area contributed by atoms with Gasteiger partial charge in [-0.05, 0) is 24.3 Å². The molecule has 3 nitrogen and oxygen atoms in total. The van der Waals surface area contributed by atoms with Gasteiger partial charge in [0.05, 0.1) is 21.1 Å². The van der Waals surface area contributed by atoms with Gasteiger partial charge in [0.2, 0.25) is 6.23 Å². The fourth-order valence-electron chi connectivity index (χ4n) is 2.39. The minimum absolute atomic E-state index is 0.0331. The van der Waals surface area contributed by atoms with Crippen LogP contribution in [0.5, 0.6) is 5.75 Å². The number of nitrogens with zero attached hydrogens (tertiary/aromatic N) is 1. The third-order valence-electron chi connectivity index (χ3n) is 3.64. The maximum absolute atomic E-state index is 12.4. The molecule has 0 aliphatic heterocycles. The van der Waals surface area contributed by atoms with Crippen LogP contribution in [0.3, 0.4) is 0 Å². The summed E-state index contributed by atoms with van der Waals surface area (Å²) in [5, 5.41) is 0. The molecule has 2 aromatic rings. The zero-order valence-corrected chi connectivity index (χ0v) is 13.7. The highest BCUT2D eigenvalue weighted by atomic mass is 16.5. The van der Waals surface area contributed by atoms with E-state index in [0.29, 0.717) is 11.1 Å². The molecule has 0 saturated carbocycles. The van der Waals surface area contributed by atoms with E-state index in [1.807, 2.05) is 54.6 Å². The average Bonchev–Trinajstić information content (AvgIpc) is 2.52. The van der Waals surface area contributed by atoms with Crippen molar-refractivity contribution in [2.45, 2.75) is 19.6 Å². The molecule has 2 rings (SSSR count). The van der Waals surface area contributed by atoms with Gasteiger partial charge in [-0.3, -0.25) is 9.28 Å². The van der Waals surface area contributed by atoms with Crippen LogP contribution in [-0.2, 0) is 0 Å². The molecule has 0 amide bonds. The van der Waals surface area contributed by atoms with Crippen molar-refractivity contribution in [2.24, 2.45) is 0 Å². The van der Waals surface area contributed by atoms with E-state index in [9.17, 15) is 4.79 Å².